The van der Waals surface area contributed by atoms with Gasteiger partial charge in [0.15, 0.2) is 0 Å². The van der Waals surface area contributed by atoms with Crippen LogP contribution in [0, 0.1) is 11.8 Å². The van der Waals surface area contributed by atoms with Crippen molar-refractivity contribution in [2.45, 2.75) is 19.9 Å². The van der Waals surface area contributed by atoms with Crippen LogP contribution in [0.15, 0.2) is 18.2 Å². The Balaban J connectivity index is 2.23. The monoisotopic (exact) mass is 296 g/mol. The van der Waals surface area contributed by atoms with E-state index in [0.29, 0.717) is 41.3 Å². The number of hydrogen-bond donors (Lipinski definition) is 1. The van der Waals surface area contributed by atoms with Crippen molar-refractivity contribution in [3.8, 4) is 5.75 Å². The van der Waals surface area contributed by atoms with E-state index in [0.717, 1.165) is 0 Å². The lowest BCUT2D eigenvalue weighted by molar-refractivity contribution is 0.0780. The first-order valence-corrected chi connectivity index (χ1v) is 7.20. The number of amides is 1. The second-order valence-corrected chi connectivity index (χ2v) is 6.06. The van der Waals surface area contributed by atoms with Gasteiger partial charge in [-0.3, -0.25) is 4.79 Å². The highest BCUT2D eigenvalue weighted by Crippen LogP contribution is 2.28. The fourth-order valence-corrected chi connectivity index (χ4v) is 2.92. The molecule has 0 spiro atoms. The molecule has 1 fully saturated rings. The summed E-state index contributed by atoms with van der Waals surface area (Å²) in [6.07, 6.45) is 0. The number of carbonyl (C=O) groups excluding carboxylic acids is 1. The van der Waals surface area contributed by atoms with Gasteiger partial charge in [0, 0.05) is 24.2 Å². The number of benzene rings is 1. The molecule has 2 atom stereocenters. The smallest absolute Gasteiger partial charge is 0.257 e. The van der Waals surface area contributed by atoms with E-state index in [2.05, 4.69) is 13.8 Å². The fraction of sp³-hybridized carbons (Fsp3) is 0.533. The molecule has 0 radical (unpaired) electrons. The van der Waals surface area contributed by atoms with Gasteiger partial charge in [0.05, 0.1) is 12.7 Å². The van der Waals surface area contributed by atoms with Crippen molar-refractivity contribution >= 4 is 17.5 Å². The summed E-state index contributed by atoms with van der Waals surface area (Å²) in [5.41, 5.74) is 6.63. The Bertz CT molecular complexity index is 505. The lowest BCUT2D eigenvalue weighted by atomic mass is 9.92. The third-order valence-corrected chi connectivity index (χ3v) is 4.18. The molecule has 0 bridgehead atoms. The molecule has 1 aliphatic rings. The van der Waals surface area contributed by atoms with Gasteiger partial charge in [0.25, 0.3) is 5.91 Å². The number of likely N-dealkylation sites (tertiary alicyclic amines) is 1. The molecule has 1 aromatic rings. The standard InChI is InChI=1S/C15H21ClN2O2/c1-9(2)12-7-18(8-13(12)17)15(19)11-6-10(16)4-5-14(11)20-3/h4-6,9,12-13H,7-8,17H2,1-3H3/t12-,13+/m1/s1. The van der Waals surface area contributed by atoms with Gasteiger partial charge in [-0.15, -0.1) is 0 Å². The van der Waals surface area contributed by atoms with Gasteiger partial charge in [-0.1, -0.05) is 25.4 Å². The molecular formula is C15H21ClN2O2. The molecule has 1 saturated heterocycles. The van der Waals surface area contributed by atoms with E-state index in [-0.39, 0.29) is 11.9 Å². The zero-order valence-electron chi connectivity index (χ0n) is 12.1. The summed E-state index contributed by atoms with van der Waals surface area (Å²) in [7, 11) is 1.55. The van der Waals surface area contributed by atoms with E-state index >= 15 is 0 Å². The Labute approximate surface area is 124 Å². The van der Waals surface area contributed by atoms with Crippen molar-refractivity contribution in [3.05, 3.63) is 28.8 Å². The Morgan fingerprint density at radius 3 is 2.70 bits per heavy atom. The van der Waals surface area contributed by atoms with Crippen LogP contribution in [0.3, 0.4) is 0 Å². The topological polar surface area (TPSA) is 55.6 Å². The molecule has 2 N–H and O–H groups in total. The summed E-state index contributed by atoms with van der Waals surface area (Å²) in [5.74, 6) is 1.28. The maximum Gasteiger partial charge on any atom is 0.257 e. The Morgan fingerprint density at radius 2 is 2.15 bits per heavy atom. The van der Waals surface area contributed by atoms with Crippen LogP contribution in [-0.2, 0) is 0 Å². The molecule has 4 nitrogen and oxygen atoms in total. The minimum absolute atomic E-state index is 0.0316. The SMILES string of the molecule is COc1ccc(Cl)cc1C(=O)N1C[C@H](C(C)C)[C@@H](N)C1. The van der Waals surface area contributed by atoms with Crippen LogP contribution in [0.2, 0.25) is 5.02 Å². The number of nitrogens with two attached hydrogens (primary N) is 1. The molecular weight excluding hydrogens is 276 g/mol. The number of carbonyl (C=O) groups is 1. The van der Waals surface area contributed by atoms with Crippen molar-refractivity contribution < 1.29 is 9.53 Å². The molecule has 0 aromatic heterocycles. The third kappa shape index (κ3) is 2.91. The van der Waals surface area contributed by atoms with E-state index in [1.165, 1.54) is 0 Å². The average Bonchev–Trinajstić information content (AvgIpc) is 2.80. The van der Waals surface area contributed by atoms with Crippen LogP contribution in [0.5, 0.6) is 5.75 Å². The Morgan fingerprint density at radius 1 is 1.45 bits per heavy atom. The lowest BCUT2D eigenvalue weighted by Gasteiger charge is -2.19. The second-order valence-electron chi connectivity index (χ2n) is 5.63. The predicted octanol–water partition coefficient (Wildman–Crippen LogP) is 2.40. The van der Waals surface area contributed by atoms with Crippen LogP contribution >= 0.6 is 11.6 Å². The first-order valence-electron chi connectivity index (χ1n) is 6.82. The number of rotatable bonds is 3. The summed E-state index contributed by atoms with van der Waals surface area (Å²) in [5, 5.41) is 0.526. The summed E-state index contributed by atoms with van der Waals surface area (Å²) in [6.45, 7) is 5.54. The van der Waals surface area contributed by atoms with Crippen LogP contribution in [-0.4, -0.2) is 37.0 Å². The molecule has 2 rings (SSSR count). The molecule has 0 saturated carbocycles. The van der Waals surface area contributed by atoms with E-state index in [1.54, 1.807) is 30.2 Å². The van der Waals surface area contributed by atoms with E-state index in [9.17, 15) is 4.79 Å². The number of halogens is 1. The molecule has 1 heterocycles. The van der Waals surface area contributed by atoms with Gasteiger partial charge in [-0.05, 0) is 30.0 Å². The van der Waals surface area contributed by atoms with Gasteiger partial charge >= 0.3 is 0 Å². The van der Waals surface area contributed by atoms with Gasteiger partial charge in [-0.2, -0.15) is 0 Å². The average molecular weight is 297 g/mol. The van der Waals surface area contributed by atoms with Gasteiger partial charge in [0.2, 0.25) is 0 Å². The summed E-state index contributed by atoms with van der Waals surface area (Å²) in [4.78, 5) is 14.4. The largest absolute Gasteiger partial charge is 0.496 e. The zero-order chi connectivity index (χ0) is 14.9. The molecule has 20 heavy (non-hydrogen) atoms. The highest BCUT2D eigenvalue weighted by Gasteiger charge is 2.35. The number of nitrogens with zero attached hydrogens (tertiary/aromatic N) is 1. The van der Waals surface area contributed by atoms with Crippen LogP contribution < -0.4 is 10.5 Å². The minimum Gasteiger partial charge on any atom is -0.496 e. The van der Waals surface area contributed by atoms with Crippen LogP contribution in [0.1, 0.15) is 24.2 Å². The van der Waals surface area contributed by atoms with Gasteiger partial charge in [-0.25, -0.2) is 0 Å². The number of hydrogen-bond acceptors (Lipinski definition) is 3. The van der Waals surface area contributed by atoms with Crippen molar-refractivity contribution in [3.63, 3.8) is 0 Å². The van der Waals surface area contributed by atoms with Crippen molar-refractivity contribution in [1.29, 1.82) is 0 Å². The minimum atomic E-state index is -0.0667. The van der Waals surface area contributed by atoms with Crippen molar-refractivity contribution in [2.24, 2.45) is 17.6 Å². The first-order chi connectivity index (χ1) is 9.43. The highest BCUT2D eigenvalue weighted by molar-refractivity contribution is 6.31. The fourth-order valence-electron chi connectivity index (χ4n) is 2.74. The molecule has 1 aromatic carbocycles. The molecule has 0 unspecified atom stereocenters. The molecule has 5 heteroatoms. The van der Waals surface area contributed by atoms with E-state index in [1.807, 2.05) is 0 Å². The maximum absolute atomic E-state index is 12.6. The zero-order valence-corrected chi connectivity index (χ0v) is 12.9. The van der Waals surface area contributed by atoms with Crippen LogP contribution in [0.25, 0.3) is 0 Å². The normalized spacial score (nSPS) is 22.4. The molecule has 0 aliphatic carbocycles. The van der Waals surface area contributed by atoms with Crippen LogP contribution in [0.4, 0.5) is 0 Å². The first kappa shape index (κ1) is 15.1. The molecule has 1 aliphatic heterocycles. The Hall–Kier alpha value is -1.26. The summed E-state index contributed by atoms with van der Waals surface area (Å²) >= 11 is 5.98. The van der Waals surface area contributed by atoms with E-state index in [4.69, 9.17) is 22.1 Å². The van der Waals surface area contributed by atoms with Crippen molar-refractivity contribution in [1.82, 2.24) is 4.90 Å². The predicted molar refractivity (Wildman–Crippen MR) is 80.2 cm³/mol. The quantitative estimate of drug-likeness (QED) is 0.932. The molecule has 110 valence electrons. The van der Waals surface area contributed by atoms with Gasteiger partial charge < -0.3 is 15.4 Å². The van der Waals surface area contributed by atoms with E-state index < -0.39 is 0 Å². The maximum atomic E-state index is 12.6. The summed E-state index contributed by atoms with van der Waals surface area (Å²) < 4.78 is 5.24. The second kappa shape index (κ2) is 6.02. The summed E-state index contributed by atoms with van der Waals surface area (Å²) in [6, 6.07) is 5.11. The third-order valence-electron chi connectivity index (χ3n) is 3.95. The number of methoxy groups -OCH3 is 1. The lowest BCUT2D eigenvalue weighted by Crippen LogP contribution is -2.33. The number of ether oxygens (including phenoxy) is 1. The highest BCUT2D eigenvalue weighted by atomic mass is 35.5. The van der Waals surface area contributed by atoms with Crippen molar-refractivity contribution in [2.75, 3.05) is 20.2 Å². The molecule has 1 amide bonds. The van der Waals surface area contributed by atoms with Gasteiger partial charge in [0.1, 0.15) is 5.75 Å². The Kier molecular flexibility index (Phi) is 4.55.